The number of piperidine rings is 1. The molecule has 1 fully saturated rings. The molecule has 22 heavy (non-hydrogen) atoms. The number of aliphatic hydroxyl groups is 1. The fourth-order valence-corrected chi connectivity index (χ4v) is 2.75. The third kappa shape index (κ3) is 3.71. The van der Waals surface area contributed by atoms with E-state index in [2.05, 4.69) is 0 Å². The molecule has 1 aromatic carbocycles. The van der Waals surface area contributed by atoms with Gasteiger partial charge in [0.25, 0.3) is 5.91 Å². The molecular formula is C15H18F3NO3. The van der Waals surface area contributed by atoms with E-state index in [4.69, 9.17) is 0 Å². The van der Waals surface area contributed by atoms with Crippen LogP contribution in [-0.2, 0) is 0 Å². The van der Waals surface area contributed by atoms with Gasteiger partial charge in [-0.1, -0.05) is 0 Å². The maximum atomic E-state index is 12.5. The van der Waals surface area contributed by atoms with Gasteiger partial charge in [-0.3, -0.25) is 4.79 Å². The Morgan fingerprint density at radius 1 is 1.27 bits per heavy atom. The van der Waals surface area contributed by atoms with Crippen LogP contribution in [0.4, 0.5) is 13.2 Å². The predicted molar refractivity (Wildman–Crippen MR) is 73.5 cm³/mol. The van der Waals surface area contributed by atoms with Crippen LogP contribution in [0.25, 0.3) is 0 Å². The van der Waals surface area contributed by atoms with Gasteiger partial charge in [0.05, 0.1) is 0 Å². The lowest BCUT2D eigenvalue weighted by Crippen LogP contribution is -2.45. The predicted octanol–water partition coefficient (Wildman–Crippen LogP) is 2.48. The second-order valence-electron chi connectivity index (χ2n) is 5.67. The van der Waals surface area contributed by atoms with Crippen molar-refractivity contribution >= 4 is 5.91 Å². The third-order valence-electron chi connectivity index (χ3n) is 3.92. The van der Waals surface area contributed by atoms with Crippen LogP contribution < -0.4 is 0 Å². The Morgan fingerprint density at radius 2 is 1.86 bits per heavy atom. The molecule has 1 unspecified atom stereocenters. The maximum absolute atomic E-state index is 12.5. The third-order valence-corrected chi connectivity index (χ3v) is 3.92. The molecule has 1 atom stereocenters. The fourth-order valence-electron chi connectivity index (χ4n) is 2.75. The molecule has 1 aliphatic heterocycles. The lowest BCUT2D eigenvalue weighted by molar-refractivity contribution is -0.222. The van der Waals surface area contributed by atoms with Gasteiger partial charge in [0.2, 0.25) is 0 Å². The number of halogens is 3. The number of aliphatic hydroxyl groups excluding tert-OH is 1. The van der Waals surface area contributed by atoms with E-state index in [1.807, 2.05) is 0 Å². The zero-order valence-electron chi connectivity index (χ0n) is 12.1. The van der Waals surface area contributed by atoms with Gasteiger partial charge in [-0.25, -0.2) is 0 Å². The van der Waals surface area contributed by atoms with Crippen molar-refractivity contribution in [1.82, 2.24) is 4.90 Å². The summed E-state index contributed by atoms with van der Waals surface area (Å²) < 4.78 is 37.5. The number of phenols is 1. The van der Waals surface area contributed by atoms with E-state index in [0.29, 0.717) is 5.56 Å². The average Bonchev–Trinajstić information content (AvgIpc) is 2.44. The van der Waals surface area contributed by atoms with Crippen molar-refractivity contribution < 1.29 is 28.2 Å². The number of amides is 1. The monoisotopic (exact) mass is 317 g/mol. The van der Waals surface area contributed by atoms with E-state index in [1.165, 1.54) is 17.0 Å². The van der Waals surface area contributed by atoms with E-state index >= 15 is 0 Å². The first kappa shape index (κ1) is 16.6. The van der Waals surface area contributed by atoms with Crippen molar-refractivity contribution in [3.8, 4) is 5.75 Å². The van der Waals surface area contributed by atoms with Crippen LogP contribution in [0.2, 0.25) is 0 Å². The van der Waals surface area contributed by atoms with Gasteiger partial charge >= 0.3 is 6.18 Å². The molecule has 2 N–H and O–H groups in total. The molecule has 1 saturated heterocycles. The van der Waals surface area contributed by atoms with E-state index in [9.17, 15) is 28.2 Å². The number of benzene rings is 1. The van der Waals surface area contributed by atoms with Crippen LogP contribution in [0, 0.1) is 12.8 Å². The number of carbonyl (C=O) groups excluding carboxylic acids is 1. The molecule has 1 heterocycles. The van der Waals surface area contributed by atoms with Gasteiger partial charge in [0.15, 0.2) is 6.10 Å². The minimum absolute atomic E-state index is 0.0225. The van der Waals surface area contributed by atoms with Crippen molar-refractivity contribution in [2.45, 2.75) is 32.0 Å². The van der Waals surface area contributed by atoms with Crippen molar-refractivity contribution in [2.24, 2.45) is 5.92 Å². The van der Waals surface area contributed by atoms with Gasteiger partial charge in [0.1, 0.15) is 5.75 Å². The first-order valence-corrected chi connectivity index (χ1v) is 7.03. The Hall–Kier alpha value is -1.76. The highest BCUT2D eigenvalue weighted by Crippen LogP contribution is 2.32. The molecule has 0 bridgehead atoms. The number of alkyl halides is 3. The number of hydrogen-bond acceptors (Lipinski definition) is 3. The van der Waals surface area contributed by atoms with E-state index in [-0.39, 0.29) is 37.6 Å². The summed E-state index contributed by atoms with van der Waals surface area (Å²) in [6.45, 7) is 2.05. The van der Waals surface area contributed by atoms with Crippen molar-refractivity contribution in [3.05, 3.63) is 29.3 Å². The molecule has 1 aliphatic rings. The summed E-state index contributed by atoms with van der Waals surface area (Å²) in [4.78, 5) is 13.8. The zero-order valence-corrected chi connectivity index (χ0v) is 12.1. The molecule has 0 radical (unpaired) electrons. The highest BCUT2D eigenvalue weighted by Gasteiger charge is 2.44. The Bertz CT molecular complexity index is 531. The number of nitrogens with zero attached hydrogens (tertiary/aromatic N) is 1. The van der Waals surface area contributed by atoms with Crippen molar-refractivity contribution in [3.63, 3.8) is 0 Å². The highest BCUT2D eigenvalue weighted by atomic mass is 19.4. The number of aromatic hydroxyl groups is 1. The van der Waals surface area contributed by atoms with Crippen LogP contribution in [0.3, 0.4) is 0 Å². The molecule has 1 aromatic rings. The second kappa shape index (κ2) is 6.16. The summed E-state index contributed by atoms with van der Waals surface area (Å²) in [7, 11) is 0. The maximum Gasteiger partial charge on any atom is 0.414 e. The average molecular weight is 317 g/mol. The molecule has 4 nitrogen and oxygen atoms in total. The zero-order chi connectivity index (χ0) is 16.5. The molecule has 7 heteroatoms. The summed E-state index contributed by atoms with van der Waals surface area (Å²) in [5.41, 5.74) is 1.04. The number of carbonyl (C=O) groups is 1. The van der Waals surface area contributed by atoms with Crippen LogP contribution in [-0.4, -0.2) is 46.4 Å². The number of phenolic OH excluding ortho intramolecular Hbond substituents is 1. The van der Waals surface area contributed by atoms with Gasteiger partial charge in [-0.05, 0) is 49.4 Å². The van der Waals surface area contributed by atoms with E-state index in [0.717, 1.165) is 5.56 Å². The smallest absolute Gasteiger partial charge is 0.414 e. The number of aryl methyl sites for hydroxylation is 1. The number of hydrogen-bond donors (Lipinski definition) is 2. The Kier molecular flexibility index (Phi) is 4.65. The van der Waals surface area contributed by atoms with Crippen LogP contribution in [0.1, 0.15) is 28.8 Å². The molecule has 2 rings (SSSR count). The van der Waals surface area contributed by atoms with E-state index < -0.39 is 18.2 Å². The minimum atomic E-state index is -4.63. The molecule has 0 spiro atoms. The number of rotatable bonds is 2. The summed E-state index contributed by atoms with van der Waals surface area (Å²) >= 11 is 0. The van der Waals surface area contributed by atoms with Gasteiger partial charge in [0, 0.05) is 18.7 Å². The SMILES string of the molecule is Cc1cc(O)cc(C(=O)N2CCC(C(O)C(F)(F)F)CC2)c1. The van der Waals surface area contributed by atoms with Gasteiger partial charge in [-0.2, -0.15) is 13.2 Å². The minimum Gasteiger partial charge on any atom is -0.508 e. The molecule has 122 valence electrons. The van der Waals surface area contributed by atoms with Gasteiger partial charge < -0.3 is 15.1 Å². The van der Waals surface area contributed by atoms with Crippen molar-refractivity contribution in [2.75, 3.05) is 13.1 Å². The summed E-state index contributed by atoms with van der Waals surface area (Å²) in [5.74, 6) is -1.22. The first-order valence-electron chi connectivity index (χ1n) is 7.03. The lowest BCUT2D eigenvalue weighted by atomic mass is 9.90. The largest absolute Gasteiger partial charge is 0.508 e. The lowest BCUT2D eigenvalue weighted by Gasteiger charge is -2.34. The standard InChI is InChI=1S/C15H18F3NO3/c1-9-6-11(8-12(20)7-9)14(22)19-4-2-10(3-5-19)13(21)15(16,17)18/h6-8,10,13,20-21H,2-5H2,1H3. The summed E-state index contributed by atoms with van der Waals surface area (Å²) in [6.07, 6.45) is -6.76. The van der Waals surface area contributed by atoms with Crippen LogP contribution in [0.5, 0.6) is 5.75 Å². The summed E-state index contributed by atoms with van der Waals surface area (Å²) in [6, 6.07) is 4.48. The fraction of sp³-hybridized carbons (Fsp3) is 0.533. The van der Waals surface area contributed by atoms with E-state index in [1.54, 1.807) is 13.0 Å². The topological polar surface area (TPSA) is 60.8 Å². The normalized spacial score (nSPS) is 18.3. The van der Waals surface area contributed by atoms with Crippen LogP contribution in [0.15, 0.2) is 18.2 Å². The summed E-state index contributed by atoms with van der Waals surface area (Å²) in [5, 5.41) is 18.8. The highest BCUT2D eigenvalue weighted by molar-refractivity contribution is 5.94. The Morgan fingerprint density at radius 3 is 2.36 bits per heavy atom. The second-order valence-corrected chi connectivity index (χ2v) is 5.67. The molecule has 0 aliphatic carbocycles. The quantitative estimate of drug-likeness (QED) is 0.881. The molecule has 1 amide bonds. The van der Waals surface area contributed by atoms with Crippen LogP contribution >= 0.6 is 0 Å². The molecule has 0 aromatic heterocycles. The van der Waals surface area contributed by atoms with Gasteiger partial charge in [-0.15, -0.1) is 0 Å². The molecular weight excluding hydrogens is 299 g/mol. The number of likely N-dealkylation sites (tertiary alicyclic amines) is 1. The van der Waals surface area contributed by atoms with Crippen molar-refractivity contribution in [1.29, 1.82) is 0 Å². The Labute approximate surface area is 126 Å². The first-order chi connectivity index (χ1) is 10.2. The molecule has 0 saturated carbocycles. The Balaban J connectivity index is 2.01.